The van der Waals surface area contributed by atoms with E-state index in [4.69, 9.17) is 10.7 Å². The Kier molecular flexibility index (Phi) is 4.93. The third-order valence-corrected chi connectivity index (χ3v) is 5.69. The zero-order chi connectivity index (χ0) is 14.8. The van der Waals surface area contributed by atoms with Gasteiger partial charge >= 0.3 is 0 Å². The number of nitro groups is 1. The van der Waals surface area contributed by atoms with Crippen LogP contribution in [0.4, 0.5) is 5.69 Å². The van der Waals surface area contributed by atoms with E-state index < -0.39 is 45.9 Å². The predicted octanol–water partition coefficient (Wildman–Crippen LogP) is 1.70. The average molecular weight is 393 g/mol. The van der Waals surface area contributed by atoms with E-state index in [1.165, 1.54) is 6.07 Å². The Balaban J connectivity index is 3.28. The van der Waals surface area contributed by atoms with Gasteiger partial charge in [0.05, 0.1) is 16.4 Å². The number of rotatable bonds is 5. The molecule has 0 saturated carbocycles. The van der Waals surface area contributed by atoms with Crippen molar-refractivity contribution >= 4 is 51.2 Å². The molecule has 0 radical (unpaired) electrons. The van der Waals surface area contributed by atoms with Gasteiger partial charge in [-0.25, -0.2) is 16.8 Å². The third-order valence-electron chi connectivity index (χ3n) is 2.05. The summed E-state index contributed by atoms with van der Waals surface area (Å²) < 4.78 is 45.6. The Bertz CT molecular complexity index is 715. The van der Waals surface area contributed by atoms with Crippen molar-refractivity contribution in [2.45, 2.75) is 4.90 Å². The fraction of sp³-hybridized carbons (Fsp3) is 0.250. The van der Waals surface area contributed by atoms with E-state index >= 15 is 0 Å². The second-order valence-electron chi connectivity index (χ2n) is 3.43. The lowest BCUT2D eigenvalue weighted by Crippen LogP contribution is -2.15. The molecule has 0 aromatic heterocycles. The molecule has 0 fully saturated rings. The molecular weight excluding hydrogens is 386 g/mol. The van der Waals surface area contributed by atoms with Crippen LogP contribution >= 0.6 is 26.6 Å². The molecule has 0 aliphatic rings. The van der Waals surface area contributed by atoms with Crippen molar-refractivity contribution in [2.24, 2.45) is 0 Å². The van der Waals surface area contributed by atoms with Crippen LogP contribution in [0.25, 0.3) is 0 Å². The molecular formula is C8H7BrClNO6S2. The average Bonchev–Trinajstić information content (AvgIpc) is 2.25. The molecule has 1 aromatic carbocycles. The van der Waals surface area contributed by atoms with Crippen molar-refractivity contribution in [3.8, 4) is 0 Å². The Morgan fingerprint density at radius 3 is 2.26 bits per heavy atom. The predicted molar refractivity (Wildman–Crippen MR) is 72.5 cm³/mol. The van der Waals surface area contributed by atoms with Gasteiger partial charge in [0.25, 0.3) is 5.69 Å². The Morgan fingerprint density at radius 2 is 1.79 bits per heavy atom. The molecule has 0 N–H and O–H groups in total. The van der Waals surface area contributed by atoms with Crippen LogP contribution in [0.5, 0.6) is 0 Å². The van der Waals surface area contributed by atoms with Gasteiger partial charge in [-0.05, 0) is 12.1 Å². The molecule has 0 spiro atoms. The third kappa shape index (κ3) is 4.71. The molecule has 19 heavy (non-hydrogen) atoms. The molecule has 0 heterocycles. The lowest BCUT2D eigenvalue weighted by atomic mass is 10.3. The smallest absolute Gasteiger partial charge is 0.258 e. The number of halogens is 2. The van der Waals surface area contributed by atoms with Gasteiger partial charge in [0.2, 0.25) is 9.05 Å². The second-order valence-corrected chi connectivity index (χ2v) is 9.32. The number of sulfone groups is 1. The van der Waals surface area contributed by atoms with Crippen LogP contribution in [0, 0.1) is 10.1 Å². The van der Waals surface area contributed by atoms with Gasteiger partial charge in [0, 0.05) is 21.2 Å². The quantitative estimate of drug-likeness (QED) is 0.428. The second kappa shape index (κ2) is 5.73. The van der Waals surface area contributed by atoms with E-state index in [2.05, 4.69) is 15.9 Å². The van der Waals surface area contributed by atoms with Crippen LogP contribution in [0.2, 0.25) is 0 Å². The number of hydrogen-bond acceptors (Lipinski definition) is 6. The minimum atomic E-state index is -4.13. The molecule has 0 aliphatic carbocycles. The Labute approximate surface area is 122 Å². The van der Waals surface area contributed by atoms with Crippen molar-refractivity contribution in [2.75, 3.05) is 11.5 Å². The first-order valence-electron chi connectivity index (χ1n) is 4.62. The number of hydrogen-bond donors (Lipinski definition) is 0. The monoisotopic (exact) mass is 391 g/mol. The van der Waals surface area contributed by atoms with Gasteiger partial charge in [-0.3, -0.25) is 10.1 Å². The standard InChI is InChI=1S/C8H7BrClNO6S2/c9-6-1-2-7(11(12)13)8(5-6)18(14,15)3-4-19(10,16)17/h1-2,5H,3-4H2. The molecule has 0 atom stereocenters. The molecule has 1 aromatic rings. The number of benzene rings is 1. The molecule has 0 unspecified atom stereocenters. The Hall–Kier alpha value is -0.710. The highest BCUT2D eigenvalue weighted by Gasteiger charge is 2.27. The minimum Gasteiger partial charge on any atom is -0.258 e. The van der Waals surface area contributed by atoms with Crippen molar-refractivity contribution < 1.29 is 21.8 Å². The minimum absolute atomic E-state index is 0.324. The molecule has 1 rings (SSSR count). The van der Waals surface area contributed by atoms with Gasteiger partial charge in [0.15, 0.2) is 9.84 Å². The molecule has 11 heteroatoms. The molecule has 0 bridgehead atoms. The van der Waals surface area contributed by atoms with Crippen molar-refractivity contribution in [3.63, 3.8) is 0 Å². The maximum atomic E-state index is 11.9. The summed E-state index contributed by atoms with van der Waals surface area (Å²) in [7, 11) is -3.20. The van der Waals surface area contributed by atoms with E-state index in [0.717, 1.165) is 12.1 Å². The SMILES string of the molecule is O=[N+]([O-])c1ccc(Br)cc1S(=O)(=O)CCS(=O)(=O)Cl. The maximum absolute atomic E-state index is 11.9. The highest BCUT2D eigenvalue weighted by Crippen LogP contribution is 2.28. The van der Waals surface area contributed by atoms with Crippen molar-refractivity contribution in [1.29, 1.82) is 0 Å². The van der Waals surface area contributed by atoms with Crippen LogP contribution in [-0.2, 0) is 18.9 Å². The van der Waals surface area contributed by atoms with Crippen LogP contribution < -0.4 is 0 Å². The Morgan fingerprint density at radius 1 is 1.21 bits per heavy atom. The first kappa shape index (κ1) is 16.3. The topological polar surface area (TPSA) is 111 Å². The molecule has 0 saturated heterocycles. The summed E-state index contributed by atoms with van der Waals surface area (Å²) >= 11 is 3.00. The normalized spacial score (nSPS) is 12.3. The van der Waals surface area contributed by atoms with Crippen LogP contribution in [0.15, 0.2) is 27.6 Å². The van der Waals surface area contributed by atoms with Gasteiger partial charge in [0.1, 0.15) is 4.90 Å². The zero-order valence-electron chi connectivity index (χ0n) is 9.12. The van der Waals surface area contributed by atoms with E-state index in [1.54, 1.807) is 0 Å². The fourth-order valence-electron chi connectivity index (χ4n) is 1.21. The van der Waals surface area contributed by atoms with Gasteiger partial charge in [-0.15, -0.1) is 0 Å². The summed E-state index contributed by atoms with van der Waals surface area (Å²) in [5.74, 6) is -1.64. The summed E-state index contributed by atoms with van der Waals surface area (Å²) in [6.45, 7) is 0. The lowest BCUT2D eigenvalue weighted by molar-refractivity contribution is -0.387. The first-order chi connectivity index (χ1) is 8.53. The van der Waals surface area contributed by atoms with E-state index in [0.29, 0.717) is 4.47 Å². The molecule has 0 aliphatic heterocycles. The number of nitrogens with zero attached hydrogens (tertiary/aromatic N) is 1. The molecule has 7 nitrogen and oxygen atoms in total. The molecule has 106 valence electrons. The fourth-order valence-corrected chi connectivity index (χ4v) is 4.95. The van der Waals surface area contributed by atoms with Crippen molar-refractivity contribution in [1.82, 2.24) is 0 Å². The number of nitro benzene ring substituents is 1. The summed E-state index contributed by atoms with van der Waals surface area (Å²) in [4.78, 5) is 9.36. The van der Waals surface area contributed by atoms with Gasteiger partial charge < -0.3 is 0 Å². The highest BCUT2D eigenvalue weighted by atomic mass is 79.9. The van der Waals surface area contributed by atoms with Gasteiger partial charge in [-0.1, -0.05) is 15.9 Å². The molecule has 0 amide bonds. The first-order valence-corrected chi connectivity index (χ1v) is 9.54. The zero-order valence-corrected chi connectivity index (χ0v) is 13.1. The summed E-state index contributed by atoms with van der Waals surface area (Å²) in [5.41, 5.74) is -0.616. The highest BCUT2D eigenvalue weighted by molar-refractivity contribution is 9.10. The summed E-state index contributed by atoms with van der Waals surface area (Å²) in [6.07, 6.45) is 0. The largest absolute Gasteiger partial charge is 0.288 e. The summed E-state index contributed by atoms with van der Waals surface area (Å²) in [6, 6.07) is 3.38. The van der Waals surface area contributed by atoms with Crippen LogP contribution in [0.3, 0.4) is 0 Å². The summed E-state index contributed by atoms with van der Waals surface area (Å²) in [5, 5.41) is 10.8. The van der Waals surface area contributed by atoms with E-state index in [-0.39, 0.29) is 0 Å². The maximum Gasteiger partial charge on any atom is 0.288 e. The van der Waals surface area contributed by atoms with Gasteiger partial charge in [-0.2, -0.15) is 0 Å². The lowest BCUT2D eigenvalue weighted by Gasteiger charge is -2.05. The van der Waals surface area contributed by atoms with E-state index in [1.807, 2.05) is 0 Å². The van der Waals surface area contributed by atoms with Crippen LogP contribution in [0.1, 0.15) is 0 Å². The van der Waals surface area contributed by atoms with E-state index in [9.17, 15) is 26.9 Å². The van der Waals surface area contributed by atoms with Crippen molar-refractivity contribution in [3.05, 3.63) is 32.8 Å². The van der Waals surface area contributed by atoms with Crippen LogP contribution in [-0.4, -0.2) is 33.3 Å².